The number of ether oxygens (including phenoxy) is 1. The summed E-state index contributed by atoms with van der Waals surface area (Å²) in [5.41, 5.74) is 2.77. The number of anilines is 1. The SMILES string of the molecule is O=C(CCc1c[nH]c2ccccc12)Nc1cccnc1Oc1ccccc1. The van der Waals surface area contributed by atoms with E-state index in [1.54, 1.807) is 18.3 Å². The van der Waals surface area contributed by atoms with Gasteiger partial charge in [-0.3, -0.25) is 4.79 Å². The number of nitrogens with one attached hydrogen (secondary N) is 2. The average Bonchev–Trinajstić information content (AvgIpc) is 3.12. The first-order valence-corrected chi connectivity index (χ1v) is 8.82. The van der Waals surface area contributed by atoms with E-state index in [1.165, 1.54) is 0 Å². The largest absolute Gasteiger partial charge is 0.437 e. The first-order chi connectivity index (χ1) is 13.3. The highest BCUT2D eigenvalue weighted by Gasteiger charge is 2.11. The molecule has 4 aromatic rings. The quantitative estimate of drug-likeness (QED) is 0.514. The standard InChI is InChI=1S/C22H19N3O2/c26-21(13-12-16-15-24-19-10-5-4-9-18(16)19)25-20-11-6-14-23-22(20)27-17-7-2-1-3-8-17/h1-11,14-15,24H,12-13H2,(H,25,26). The summed E-state index contributed by atoms with van der Waals surface area (Å²) in [7, 11) is 0. The molecule has 1 amide bonds. The number of nitrogens with zero attached hydrogens (tertiary/aromatic N) is 1. The van der Waals surface area contributed by atoms with Gasteiger partial charge in [0, 0.05) is 29.7 Å². The van der Waals surface area contributed by atoms with E-state index in [-0.39, 0.29) is 5.91 Å². The van der Waals surface area contributed by atoms with E-state index >= 15 is 0 Å². The lowest BCUT2D eigenvalue weighted by atomic mass is 10.1. The number of carbonyl (C=O) groups is 1. The minimum absolute atomic E-state index is 0.0776. The number of carbonyl (C=O) groups excluding carboxylic acids is 1. The first kappa shape index (κ1) is 16.8. The van der Waals surface area contributed by atoms with Crippen LogP contribution in [0.25, 0.3) is 10.9 Å². The lowest BCUT2D eigenvalue weighted by molar-refractivity contribution is -0.116. The molecule has 0 fully saturated rings. The second-order valence-corrected chi connectivity index (χ2v) is 6.18. The van der Waals surface area contributed by atoms with Crippen LogP contribution in [0.5, 0.6) is 11.6 Å². The predicted octanol–water partition coefficient (Wildman–Crippen LogP) is 4.93. The van der Waals surface area contributed by atoms with Gasteiger partial charge in [-0.25, -0.2) is 4.98 Å². The topological polar surface area (TPSA) is 67.0 Å². The predicted molar refractivity (Wildman–Crippen MR) is 106 cm³/mol. The number of pyridine rings is 1. The fourth-order valence-electron chi connectivity index (χ4n) is 2.97. The molecule has 2 N–H and O–H groups in total. The number of rotatable bonds is 6. The molecule has 0 radical (unpaired) electrons. The highest BCUT2D eigenvalue weighted by atomic mass is 16.5. The number of aromatic amines is 1. The second-order valence-electron chi connectivity index (χ2n) is 6.18. The summed E-state index contributed by atoms with van der Waals surface area (Å²) in [5.74, 6) is 0.973. The molecule has 27 heavy (non-hydrogen) atoms. The molecule has 2 aromatic heterocycles. The van der Waals surface area contributed by atoms with E-state index < -0.39 is 0 Å². The summed E-state index contributed by atoms with van der Waals surface area (Å²) in [6.45, 7) is 0. The number of fused-ring (bicyclic) bond motifs is 1. The van der Waals surface area contributed by atoms with Crippen molar-refractivity contribution >= 4 is 22.5 Å². The van der Waals surface area contributed by atoms with Crippen molar-refractivity contribution in [1.82, 2.24) is 9.97 Å². The Labute approximate surface area is 157 Å². The zero-order valence-electron chi connectivity index (χ0n) is 14.7. The Hall–Kier alpha value is -3.60. The van der Waals surface area contributed by atoms with Crippen LogP contribution in [0.1, 0.15) is 12.0 Å². The van der Waals surface area contributed by atoms with Crippen LogP contribution >= 0.6 is 0 Å². The fraction of sp³-hybridized carbons (Fsp3) is 0.0909. The third-order valence-electron chi connectivity index (χ3n) is 4.30. The lowest BCUT2D eigenvalue weighted by Crippen LogP contribution is -2.13. The third-order valence-corrected chi connectivity index (χ3v) is 4.30. The van der Waals surface area contributed by atoms with E-state index in [1.807, 2.05) is 54.7 Å². The summed E-state index contributed by atoms with van der Waals surface area (Å²) in [6, 6.07) is 21.0. The number of para-hydroxylation sites is 2. The molecule has 2 heterocycles. The van der Waals surface area contributed by atoms with Crippen LogP contribution in [0.15, 0.2) is 79.1 Å². The summed E-state index contributed by atoms with van der Waals surface area (Å²) in [5, 5.41) is 4.06. The van der Waals surface area contributed by atoms with Crippen molar-refractivity contribution in [2.45, 2.75) is 12.8 Å². The number of amides is 1. The molecule has 0 saturated carbocycles. The van der Waals surface area contributed by atoms with E-state index in [9.17, 15) is 4.79 Å². The van der Waals surface area contributed by atoms with E-state index in [0.717, 1.165) is 16.5 Å². The maximum Gasteiger partial charge on any atom is 0.243 e. The van der Waals surface area contributed by atoms with Gasteiger partial charge in [0.2, 0.25) is 11.8 Å². The van der Waals surface area contributed by atoms with Gasteiger partial charge in [-0.05, 0) is 42.3 Å². The Bertz CT molecular complexity index is 1060. The van der Waals surface area contributed by atoms with Crippen LogP contribution in [-0.2, 0) is 11.2 Å². The molecule has 0 spiro atoms. The summed E-state index contributed by atoms with van der Waals surface area (Å²) >= 11 is 0. The molecular formula is C22H19N3O2. The molecule has 0 bridgehead atoms. The van der Waals surface area contributed by atoms with Crippen LogP contribution in [-0.4, -0.2) is 15.9 Å². The van der Waals surface area contributed by atoms with E-state index in [4.69, 9.17) is 4.74 Å². The number of aromatic nitrogens is 2. The third kappa shape index (κ3) is 3.98. The summed E-state index contributed by atoms with van der Waals surface area (Å²) in [6.07, 6.45) is 4.64. The molecule has 0 aliphatic rings. The molecule has 0 aliphatic carbocycles. The van der Waals surface area contributed by atoms with Crippen molar-refractivity contribution in [1.29, 1.82) is 0 Å². The maximum absolute atomic E-state index is 12.4. The zero-order valence-corrected chi connectivity index (χ0v) is 14.7. The van der Waals surface area contributed by atoms with Gasteiger partial charge < -0.3 is 15.0 Å². The second kappa shape index (κ2) is 7.74. The number of aryl methyl sites for hydroxylation is 1. The molecule has 5 heteroatoms. The molecule has 134 valence electrons. The molecule has 0 saturated heterocycles. The van der Waals surface area contributed by atoms with Gasteiger partial charge in [0.05, 0.1) is 0 Å². The van der Waals surface area contributed by atoms with Gasteiger partial charge >= 0.3 is 0 Å². The highest BCUT2D eigenvalue weighted by Crippen LogP contribution is 2.27. The molecule has 0 atom stereocenters. The van der Waals surface area contributed by atoms with Crippen LogP contribution in [0.2, 0.25) is 0 Å². The van der Waals surface area contributed by atoms with Crippen molar-refractivity contribution in [2.24, 2.45) is 0 Å². The Morgan fingerprint density at radius 3 is 2.70 bits per heavy atom. The highest BCUT2D eigenvalue weighted by molar-refractivity contribution is 5.92. The molecular weight excluding hydrogens is 338 g/mol. The van der Waals surface area contributed by atoms with Crippen LogP contribution < -0.4 is 10.1 Å². The Morgan fingerprint density at radius 1 is 1.00 bits per heavy atom. The monoisotopic (exact) mass is 357 g/mol. The van der Waals surface area contributed by atoms with Crippen molar-refractivity contribution in [3.8, 4) is 11.6 Å². The van der Waals surface area contributed by atoms with Gasteiger partial charge in [-0.1, -0.05) is 36.4 Å². The summed E-state index contributed by atoms with van der Waals surface area (Å²) < 4.78 is 5.79. The minimum Gasteiger partial charge on any atom is -0.437 e. The first-order valence-electron chi connectivity index (χ1n) is 8.82. The van der Waals surface area contributed by atoms with Crippen molar-refractivity contribution in [3.05, 3.63) is 84.7 Å². The van der Waals surface area contributed by atoms with Crippen molar-refractivity contribution < 1.29 is 9.53 Å². The van der Waals surface area contributed by atoms with Gasteiger partial charge in [-0.15, -0.1) is 0 Å². The molecule has 0 unspecified atom stereocenters. The number of hydrogen-bond donors (Lipinski definition) is 2. The van der Waals surface area contributed by atoms with Gasteiger partial charge in [0.25, 0.3) is 0 Å². The zero-order chi connectivity index (χ0) is 18.5. The van der Waals surface area contributed by atoms with Crippen molar-refractivity contribution in [2.75, 3.05) is 5.32 Å². The maximum atomic E-state index is 12.4. The summed E-state index contributed by atoms with van der Waals surface area (Å²) in [4.78, 5) is 19.9. The average molecular weight is 357 g/mol. The van der Waals surface area contributed by atoms with Gasteiger partial charge in [0.1, 0.15) is 11.4 Å². The fourth-order valence-corrected chi connectivity index (χ4v) is 2.97. The number of H-pyrrole nitrogens is 1. The Balaban J connectivity index is 1.42. The van der Waals surface area contributed by atoms with Gasteiger partial charge in [-0.2, -0.15) is 0 Å². The van der Waals surface area contributed by atoms with E-state index in [2.05, 4.69) is 21.4 Å². The van der Waals surface area contributed by atoms with Crippen LogP contribution in [0, 0.1) is 0 Å². The van der Waals surface area contributed by atoms with Crippen molar-refractivity contribution in [3.63, 3.8) is 0 Å². The smallest absolute Gasteiger partial charge is 0.243 e. The lowest BCUT2D eigenvalue weighted by Gasteiger charge is -2.11. The van der Waals surface area contributed by atoms with Crippen LogP contribution in [0.4, 0.5) is 5.69 Å². The number of hydrogen-bond acceptors (Lipinski definition) is 3. The normalized spacial score (nSPS) is 10.7. The van der Waals surface area contributed by atoms with E-state index in [0.29, 0.717) is 30.2 Å². The molecule has 5 nitrogen and oxygen atoms in total. The molecule has 2 aromatic carbocycles. The minimum atomic E-state index is -0.0776. The molecule has 4 rings (SSSR count). The van der Waals surface area contributed by atoms with Crippen LogP contribution in [0.3, 0.4) is 0 Å². The Kier molecular flexibility index (Phi) is 4.83. The molecule has 0 aliphatic heterocycles. The number of benzene rings is 2. The van der Waals surface area contributed by atoms with Gasteiger partial charge in [0.15, 0.2) is 0 Å². The Morgan fingerprint density at radius 2 is 1.81 bits per heavy atom.